The van der Waals surface area contributed by atoms with Gasteiger partial charge in [0.05, 0.1) is 0 Å². The number of piperazine rings is 1. The highest BCUT2D eigenvalue weighted by molar-refractivity contribution is 5.09. The van der Waals surface area contributed by atoms with E-state index in [0.717, 1.165) is 25.0 Å². The van der Waals surface area contributed by atoms with E-state index in [1.165, 1.54) is 50.8 Å². The monoisotopic (exact) mass is 259 g/mol. The molecule has 1 atom stereocenters. The number of rotatable bonds is 3. The van der Waals surface area contributed by atoms with Crippen molar-refractivity contribution in [3.63, 3.8) is 0 Å². The van der Waals surface area contributed by atoms with Gasteiger partial charge in [-0.1, -0.05) is 25.3 Å². The van der Waals surface area contributed by atoms with Crippen molar-refractivity contribution in [1.82, 2.24) is 15.2 Å². The highest BCUT2D eigenvalue weighted by Crippen LogP contribution is 2.30. The van der Waals surface area contributed by atoms with E-state index in [-0.39, 0.29) is 0 Å². The van der Waals surface area contributed by atoms with E-state index >= 15 is 0 Å². The van der Waals surface area contributed by atoms with Crippen LogP contribution in [0, 0.1) is 5.92 Å². The molecule has 1 N–H and O–H groups in total. The number of nitrogens with one attached hydrogen (secondary N) is 1. The van der Waals surface area contributed by atoms with Gasteiger partial charge in [0.1, 0.15) is 0 Å². The summed E-state index contributed by atoms with van der Waals surface area (Å²) in [7, 11) is 0. The van der Waals surface area contributed by atoms with Crippen LogP contribution >= 0.6 is 0 Å². The fourth-order valence-electron chi connectivity index (χ4n) is 3.67. The molecule has 0 bridgehead atoms. The maximum absolute atomic E-state index is 4.25. The number of pyridine rings is 1. The van der Waals surface area contributed by atoms with Gasteiger partial charge >= 0.3 is 0 Å². The van der Waals surface area contributed by atoms with Crippen molar-refractivity contribution in [1.29, 1.82) is 0 Å². The Hall–Kier alpha value is -0.930. The van der Waals surface area contributed by atoms with Crippen LogP contribution in [0.3, 0.4) is 0 Å². The maximum atomic E-state index is 4.25. The first-order chi connectivity index (χ1) is 9.43. The first kappa shape index (κ1) is 13.1. The second kappa shape index (κ2) is 6.49. The molecular weight excluding hydrogens is 234 g/mol. The molecule has 0 spiro atoms. The minimum atomic E-state index is 0.731. The van der Waals surface area contributed by atoms with E-state index in [1.54, 1.807) is 0 Å². The van der Waals surface area contributed by atoms with Crippen LogP contribution in [0.2, 0.25) is 0 Å². The largest absolute Gasteiger partial charge is 0.314 e. The minimum absolute atomic E-state index is 0.731. The van der Waals surface area contributed by atoms with Crippen molar-refractivity contribution in [3.05, 3.63) is 30.1 Å². The Balaban J connectivity index is 1.66. The zero-order chi connectivity index (χ0) is 12.9. The lowest BCUT2D eigenvalue weighted by molar-refractivity contribution is 0.0859. The summed E-state index contributed by atoms with van der Waals surface area (Å²) in [5.41, 5.74) is 1.35. The SMILES string of the molecule is c1cncc(CN2CCNCC2C2CCCCC2)c1. The molecule has 0 aromatic carbocycles. The first-order valence-electron chi connectivity index (χ1n) is 7.77. The predicted octanol–water partition coefficient (Wildman–Crippen LogP) is 2.44. The molecule has 1 aromatic heterocycles. The van der Waals surface area contributed by atoms with E-state index in [1.807, 2.05) is 18.5 Å². The van der Waals surface area contributed by atoms with Gasteiger partial charge in [0.25, 0.3) is 0 Å². The molecule has 19 heavy (non-hydrogen) atoms. The predicted molar refractivity (Wildman–Crippen MR) is 77.9 cm³/mol. The Morgan fingerprint density at radius 1 is 1.26 bits per heavy atom. The van der Waals surface area contributed by atoms with Crippen molar-refractivity contribution >= 4 is 0 Å². The van der Waals surface area contributed by atoms with Crippen LogP contribution in [0.5, 0.6) is 0 Å². The van der Waals surface area contributed by atoms with Gasteiger partial charge in [-0.2, -0.15) is 0 Å². The lowest BCUT2D eigenvalue weighted by Gasteiger charge is -2.42. The van der Waals surface area contributed by atoms with Gasteiger partial charge in [-0.15, -0.1) is 0 Å². The van der Waals surface area contributed by atoms with E-state index in [9.17, 15) is 0 Å². The number of hydrogen-bond acceptors (Lipinski definition) is 3. The van der Waals surface area contributed by atoms with Gasteiger partial charge in [0.2, 0.25) is 0 Å². The van der Waals surface area contributed by atoms with Crippen molar-refractivity contribution in [2.75, 3.05) is 19.6 Å². The van der Waals surface area contributed by atoms with Crippen molar-refractivity contribution < 1.29 is 0 Å². The average molecular weight is 259 g/mol. The van der Waals surface area contributed by atoms with Crippen LogP contribution < -0.4 is 5.32 Å². The Labute approximate surface area is 116 Å². The molecule has 1 aromatic rings. The third-order valence-corrected chi connectivity index (χ3v) is 4.70. The van der Waals surface area contributed by atoms with Crippen molar-refractivity contribution in [2.45, 2.75) is 44.7 Å². The molecule has 1 unspecified atom stereocenters. The molecule has 3 heteroatoms. The van der Waals surface area contributed by atoms with E-state index < -0.39 is 0 Å². The zero-order valence-electron chi connectivity index (χ0n) is 11.7. The summed E-state index contributed by atoms with van der Waals surface area (Å²) < 4.78 is 0. The maximum Gasteiger partial charge on any atom is 0.0312 e. The van der Waals surface area contributed by atoms with Crippen molar-refractivity contribution in [2.24, 2.45) is 5.92 Å². The van der Waals surface area contributed by atoms with Gasteiger partial charge < -0.3 is 5.32 Å². The van der Waals surface area contributed by atoms with Crippen LogP contribution in [0.1, 0.15) is 37.7 Å². The Morgan fingerprint density at radius 2 is 2.16 bits per heavy atom. The summed E-state index contributed by atoms with van der Waals surface area (Å²) in [6.07, 6.45) is 11.0. The summed E-state index contributed by atoms with van der Waals surface area (Å²) in [6, 6.07) is 4.98. The summed E-state index contributed by atoms with van der Waals surface area (Å²) in [6.45, 7) is 4.54. The summed E-state index contributed by atoms with van der Waals surface area (Å²) in [5.74, 6) is 0.901. The fourth-order valence-corrected chi connectivity index (χ4v) is 3.67. The van der Waals surface area contributed by atoms with Crippen molar-refractivity contribution in [3.8, 4) is 0 Å². The number of aromatic nitrogens is 1. The Bertz CT molecular complexity index is 373. The normalized spacial score (nSPS) is 26.4. The summed E-state index contributed by atoms with van der Waals surface area (Å²) in [5, 5.41) is 3.59. The Morgan fingerprint density at radius 3 is 2.95 bits per heavy atom. The molecule has 0 amide bonds. The van der Waals surface area contributed by atoms with Crippen LogP contribution in [0.25, 0.3) is 0 Å². The van der Waals surface area contributed by atoms with Crippen LogP contribution in [-0.4, -0.2) is 35.6 Å². The minimum Gasteiger partial charge on any atom is -0.314 e. The molecule has 3 rings (SSSR count). The van der Waals surface area contributed by atoms with Gasteiger partial charge in [-0.25, -0.2) is 0 Å². The lowest BCUT2D eigenvalue weighted by atomic mass is 9.82. The first-order valence-corrected chi connectivity index (χ1v) is 7.77. The molecule has 2 fully saturated rings. The van der Waals surface area contributed by atoms with E-state index in [4.69, 9.17) is 0 Å². The van der Waals surface area contributed by atoms with Gasteiger partial charge in [0.15, 0.2) is 0 Å². The molecule has 1 aliphatic heterocycles. The lowest BCUT2D eigenvalue weighted by Crippen LogP contribution is -2.54. The molecule has 1 aliphatic carbocycles. The molecule has 104 valence electrons. The molecule has 1 saturated carbocycles. The molecule has 2 heterocycles. The van der Waals surface area contributed by atoms with E-state index in [0.29, 0.717) is 0 Å². The average Bonchev–Trinajstić information content (AvgIpc) is 2.50. The standard InChI is InChI=1S/C16H25N3/c1-2-6-15(7-3-1)16-12-18-9-10-19(16)13-14-5-4-8-17-11-14/h4-5,8,11,15-16,18H,1-3,6-7,9-10,12-13H2. The zero-order valence-corrected chi connectivity index (χ0v) is 11.7. The third kappa shape index (κ3) is 3.34. The second-order valence-corrected chi connectivity index (χ2v) is 6.00. The summed E-state index contributed by atoms with van der Waals surface area (Å²) >= 11 is 0. The fraction of sp³-hybridized carbons (Fsp3) is 0.688. The topological polar surface area (TPSA) is 28.2 Å². The smallest absolute Gasteiger partial charge is 0.0312 e. The van der Waals surface area contributed by atoms with Gasteiger partial charge in [-0.3, -0.25) is 9.88 Å². The van der Waals surface area contributed by atoms with E-state index in [2.05, 4.69) is 21.3 Å². The summed E-state index contributed by atoms with van der Waals surface area (Å²) in [4.78, 5) is 6.93. The quantitative estimate of drug-likeness (QED) is 0.903. The van der Waals surface area contributed by atoms with Gasteiger partial charge in [0, 0.05) is 44.6 Å². The van der Waals surface area contributed by atoms with Crippen LogP contribution in [0.15, 0.2) is 24.5 Å². The molecule has 0 radical (unpaired) electrons. The van der Waals surface area contributed by atoms with Gasteiger partial charge in [-0.05, 0) is 30.4 Å². The molecule has 1 saturated heterocycles. The second-order valence-electron chi connectivity index (χ2n) is 6.00. The molecular formula is C16H25N3. The molecule has 2 aliphatic rings. The Kier molecular flexibility index (Phi) is 4.46. The molecule has 3 nitrogen and oxygen atoms in total. The number of nitrogens with zero attached hydrogens (tertiary/aromatic N) is 2. The van der Waals surface area contributed by atoms with Crippen LogP contribution in [0.4, 0.5) is 0 Å². The highest BCUT2D eigenvalue weighted by Gasteiger charge is 2.30. The third-order valence-electron chi connectivity index (χ3n) is 4.70. The highest BCUT2D eigenvalue weighted by atomic mass is 15.2. The van der Waals surface area contributed by atoms with Crippen LogP contribution in [-0.2, 0) is 6.54 Å². The number of hydrogen-bond donors (Lipinski definition) is 1.